The number of ether oxygens (including phenoxy) is 1. The third-order valence-electron chi connectivity index (χ3n) is 4.56. The molecule has 2 aromatic carbocycles. The monoisotopic (exact) mass is 433 g/mol. The van der Waals surface area contributed by atoms with E-state index in [9.17, 15) is 4.21 Å². The van der Waals surface area contributed by atoms with E-state index in [2.05, 4.69) is 30.1 Å². The second-order valence-electron chi connectivity index (χ2n) is 6.88. The predicted octanol–water partition coefficient (Wildman–Crippen LogP) is 5.61. The number of para-hydroxylation sites is 1. The molecule has 0 saturated carbocycles. The molecule has 0 amide bonds. The summed E-state index contributed by atoms with van der Waals surface area (Å²) in [5.41, 5.74) is 2.01. The summed E-state index contributed by atoms with van der Waals surface area (Å²) in [7, 11) is 0.256. The van der Waals surface area contributed by atoms with E-state index in [1.54, 1.807) is 0 Å². The first kappa shape index (κ1) is 26.1. The average molecular weight is 434 g/mol. The van der Waals surface area contributed by atoms with Gasteiger partial charge in [-0.25, -0.2) is 9.35 Å². The lowest BCUT2D eigenvalue weighted by molar-refractivity contribution is 0.467. The Morgan fingerprint density at radius 3 is 2.13 bits per heavy atom. The zero-order valence-corrected chi connectivity index (χ0v) is 20.1. The second-order valence-corrected chi connectivity index (χ2v) is 7.91. The quantitative estimate of drug-likeness (QED) is 0.456. The molecule has 2 rings (SSSR count). The van der Waals surface area contributed by atoms with Crippen LogP contribution in [0, 0.1) is 0 Å². The summed E-state index contributed by atoms with van der Waals surface area (Å²) >= 11 is 0. The van der Waals surface area contributed by atoms with Crippen LogP contribution in [0.3, 0.4) is 0 Å². The molecule has 0 bridgehead atoms. The van der Waals surface area contributed by atoms with Crippen LogP contribution in [0.1, 0.15) is 58.9 Å². The van der Waals surface area contributed by atoms with Crippen LogP contribution in [0.4, 0.5) is 5.69 Å². The van der Waals surface area contributed by atoms with Crippen LogP contribution in [0.25, 0.3) is 0 Å². The molecule has 0 aliphatic rings. The molecular weight excluding hydrogens is 394 g/mol. The molecule has 1 atom stereocenters. The van der Waals surface area contributed by atoms with Crippen molar-refractivity contribution in [3.8, 4) is 11.5 Å². The van der Waals surface area contributed by atoms with Crippen LogP contribution in [-0.4, -0.2) is 24.3 Å². The van der Waals surface area contributed by atoms with E-state index in [0.29, 0.717) is 22.9 Å². The highest BCUT2D eigenvalue weighted by molar-refractivity contribution is 7.82. The van der Waals surface area contributed by atoms with Gasteiger partial charge in [-0.15, -0.1) is 0 Å². The molecule has 3 N–H and O–H groups in total. The first-order valence-corrected chi connectivity index (χ1v) is 12.3. The van der Waals surface area contributed by atoms with Crippen molar-refractivity contribution in [2.45, 2.75) is 64.8 Å². The van der Waals surface area contributed by atoms with Gasteiger partial charge in [0.05, 0.1) is 10.6 Å². The molecule has 0 fully saturated rings. The Hall–Kier alpha value is -1.89. The SMILES string of the molecule is CC.CCCCN(CCCC)c1cc(CNC)cc(S(N)=O)c1Oc1ccccc1. The molecule has 0 aliphatic heterocycles. The molecule has 0 radical (unpaired) electrons. The molecule has 30 heavy (non-hydrogen) atoms. The van der Waals surface area contributed by atoms with Gasteiger partial charge in [-0.05, 0) is 49.7 Å². The summed E-state index contributed by atoms with van der Waals surface area (Å²) in [5, 5.41) is 9.03. The average Bonchev–Trinajstić information content (AvgIpc) is 2.77. The highest BCUT2D eigenvalue weighted by Gasteiger charge is 2.21. The van der Waals surface area contributed by atoms with Crippen LogP contribution in [0.15, 0.2) is 47.4 Å². The van der Waals surface area contributed by atoms with E-state index in [-0.39, 0.29) is 0 Å². The van der Waals surface area contributed by atoms with Crippen molar-refractivity contribution in [1.82, 2.24) is 5.32 Å². The normalized spacial score (nSPS) is 11.4. The predicted molar refractivity (Wildman–Crippen MR) is 130 cm³/mol. The maximum Gasteiger partial charge on any atom is 0.168 e. The molecule has 0 aliphatic carbocycles. The Morgan fingerprint density at radius 2 is 1.63 bits per heavy atom. The zero-order chi connectivity index (χ0) is 22.4. The number of nitrogens with two attached hydrogens (primary N) is 1. The summed E-state index contributed by atoms with van der Waals surface area (Å²) in [6.45, 7) is 10.9. The summed E-state index contributed by atoms with van der Waals surface area (Å²) in [6.07, 6.45) is 4.41. The van der Waals surface area contributed by atoms with Gasteiger partial charge in [0.25, 0.3) is 0 Å². The van der Waals surface area contributed by atoms with Gasteiger partial charge >= 0.3 is 0 Å². The fourth-order valence-corrected chi connectivity index (χ4v) is 3.69. The molecular formula is C24H39N3O2S. The number of benzene rings is 2. The van der Waals surface area contributed by atoms with Gasteiger partial charge < -0.3 is 15.0 Å². The molecule has 6 heteroatoms. The molecule has 2 aromatic rings. The van der Waals surface area contributed by atoms with E-state index in [0.717, 1.165) is 50.0 Å². The van der Waals surface area contributed by atoms with Gasteiger partial charge in [-0.1, -0.05) is 58.7 Å². The summed E-state index contributed by atoms with van der Waals surface area (Å²) in [4.78, 5) is 2.88. The molecule has 0 heterocycles. The Morgan fingerprint density at radius 1 is 1.03 bits per heavy atom. The molecule has 5 nitrogen and oxygen atoms in total. The Balaban J connectivity index is 0.00000218. The standard InChI is InChI=1S/C22H33N3O2S.C2H6/c1-4-6-13-25(14-7-5-2)20-15-18(17-24-3)16-21(28(23)26)22(20)27-19-11-9-8-10-12-19;1-2/h8-12,15-16,24H,4-7,13-14,17,23H2,1-3H3;1-2H3. The van der Waals surface area contributed by atoms with Gasteiger partial charge in [0, 0.05) is 19.6 Å². The first-order chi connectivity index (χ1) is 14.6. The van der Waals surface area contributed by atoms with Crippen LogP contribution < -0.4 is 20.1 Å². The van der Waals surface area contributed by atoms with Crippen molar-refractivity contribution >= 4 is 16.7 Å². The van der Waals surface area contributed by atoms with E-state index in [1.165, 1.54) is 0 Å². The van der Waals surface area contributed by atoms with E-state index in [1.807, 2.05) is 57.3 Å². The smallest absolute Gasteiger partial charge is 0.168 e. The maximum atomic E-state index is 12.4. The van der Waals surface area contributed by atoms with Crippen molar-refractivity contribution < 1.29 is 8.95 Å². The van der Waals surface area contributed by atoms with Crippen LogP contribution in [0.5, 0.6) is 11.5 Å². The van der Waals surface area contributed by atoms with Crippen molar-refractivity contribution in [3.63, 3.8) is 0 Å². The largest absolute Gasteiger partial charge is 0.454 e. The van der Waals surface area contributed by atoms with Gasteiger partial charge in [0.1, 0.15) is 16.7 Å². The summed E-state index contributed by atoms with van der Waals surface area (Å²) in [6, 6.07) is 13.6. The lowest BCUT2D eigenvalue weighted by Gasteiger charge is -2.28. The number of hydrogen-bond acceptors (Lipinski definition) is 4. The van der Waals surface area contributed by atoms with Gasteiger partial charge in [0.15, 0.2) is 5.75 Å². The highest BCUT2D eigenvalue weighted by Crippen LogP contribution is 2.39. The summed E-state index contributed by atoms with van der Waals surface area (Å²) in [5.74, 6) is 1.31. The minimum absolute atomic E-state index is 0.532. The van der Waals surface area contributed by atoms with Crippen LogP contribution in [-0.2, 0) is 17.5 Å². The lowest BCUT2D eigenvalue weighted by atomic mass is 10.1. The third-order valence-corrected chi connectivity index (χ3v) is 5.30. The van der Waals surface area contributed by atoms with Gasteiger partial charge in [-0.3, -0.25) is 0 Å². The van der Waals surface area contributed by atoms with Crippen LogP contribution >= 0.6 is 0 Å². The first-order valence-electron chi connectivity index (χ1n) is 11.1. The van der Waals surface area contributed by atoms with Gasteiger partial charge in [0.2, 0.25) is 0 Å². The third kappa shape index (κ3) is 8.09. The van der Waals surface area contributed by atoms with E-state index < -0.39 is 11.0 Å². The van der Waals surface area contributed by atoms with Crippen molar-refractivity contribution in [2.75, 3.05) is 25.0 Å². The molecule has 0 aromatic heterocycles. The van der Waals surface area contributed by atoms with Crippen molar-refractivity contribution in [1.29, 1.82) is 0 Å². The number of unbranched alkanes of at least 4 members (excludes halogenated alkanes) is 2. The number of nitrogens with one attached hydrogen (secondary N) is 1. The van der Waals surface area contributed by atoms with Crippen molar-refractivity contribution in [2.24, 2.45) is 5.14 Å². The Labute approximate surface area is 185 Å². The number of nitrogens with zero attached hydrogens (tertiary/aromatic N) is 1. The lowest BCUT2D eigenvalue weighted by Crippen LogP contribution is -2.27. The minimum atomic E-state index is -1.65. The minimum Gasteiger partial charge on any atom is -0.454 e. The number of hydrogen-bond donors (Lipinski definition) is 2. The molecule has 168 valence electrons. The second kappa shape index (κ2) is 15.0. The molecule has 1 unspecified atom stereocenters. The Bertz CT molecular complexity index is 746. The Kier molecular flexibility index (Phi) is 13.1. The fourth-order valence-electron chi connectivity index (χ4n) is 3.09. The topological polar surface area (TPSA) is 67.6 Å². The molecule has 0 saturated heterocycles. The number of anilines is 1. The van der Waals surface area contributed by atoms with Gasteiger partial charge in [-0.2, -0.15) is 0 Å². The number of rotatable bonds is 12. The maximum absolute atomic E-state index is 12.4. The highest BCUT2D eigenvalue weighted by atomic mass is 32.2. The van der Waals surface area contributed by atoms with Crippen molar-refractivity contribution in [3.05, 3.63) is 48.0 Å². The van der Waals surface area contributed by atoms with E-state index in [4.69, 9.17) is 9.88 Å². The summed E-state index contributed by atoms with van der Waals surface area (Å²) < 4.78 is 18.6. The van der Waals surface area contributed by atoms with E-state index >= 15 is 0 Å². The fraction of sp³-hybridized carbons (Fsp3) is 0.500. The molecule has 0 spiro atoms. The van der Waals surface area contributed by atoms with Crippen LogP contribution in [0.2, 0.25) is 0 Å². The zero-order valence-electron chi connectivity index (χ0n) is 19.2.